The average molecular weight is 457 g/mol. The zero-order valence-electron chi connectivity index (χ0n) is 20.2. The second kappa shape index (κ2) is 8.84. The highest BCUT2D eigenvalue weighted by Gasteiger charge is 2.50. The fourth-order valence-electron chi connectivity index (χ4n) is 6.94. The van der Waals surface area contributed by atoms with Crippen LogP contribution in [0, 0.1) is 11.3 Å². The lowest BCUT2D eigenvalue weighted by atomic mass is 9.71. The number of hydrogen-bond acceptors (Lipinski definition) is 3. The molecule has 2 atom stereocenters. The molecule has 5 nitrogen and oxygen atoms in total. The number of fused-ring (bicyclic) bond motifs is 3. The summed E-state index contributed by atoms with van der Waals surface area (Å²) in [5.74, 6) is 1.06. The van der Waals surface area contributed by atoms with Crippen LogP contribution in [0.15, 0.2) is 54.7 Å². The first kappa shape index (κ1) is 21.8. The first-order valence-corrected chi connectivity index (χ1v) is 13.1. The van der Waals surface area contributed by atoms with Crippen molar-refractivity contribution < 1.29 is 4.79 Å². The van der Waals surface area contributed by atoms with Crippen molar-refractivity contribution in [1.82, 2.24) is 19.8 Å². The number of likely N-dealkylation sites (tertiary alicyclic amines) is 1. The quantitative estimate of drug-likeness (QED) is 0.598. The Bertz CT molecular complexity index is 1130. The number of benzene rings is 1. The molecular weight excluding hydrogens is 420 g/mol. The zero-order chi connectivity index (χ0) is 23.1. The number of pyridine rings is 1. The molecule has 2 unspecified atom stereocenters. The van der Waals surface area contributed by atoms with Crippen LogP contribution in [0.3, 0.4) is 0 Å². The molecule has 34 heavy (non-hydrogen) atoms. The van der Waals surface area contributed by atoms with E-state index in [1.54, 1.807) is 0 Å². The maximum Gasteiger partial charge on any atom is 0.229 e. The largest absolute Gasteiger partial charge is 0.346 e. The summed E-state index contributed by atoms with van der Waals surface area (Å²) in [6, 6.07) is 17.9. The molecule has 0 radical (unpaired) electrons. The van der Waals surface area contributed by atoms with Crippen molar-refractivity contribution in [3.63, 3.8) is 0 Å². The van der Waals surface area contributed by atoms with Gasteiger partial charge in [-0.1, -0.05) is 30.3 Å². The molecule has 3 aliphatic heterocycles. The van der Waals surface area contributed by atoms with Gasteiger partial charge in [-0.15, -0.1) is 0 Å². The number of nitrogens with one attached hydrogen (secondary N) is 1. The van der Waals surface area contributed by atoms with Gasteiger partial charge in [-0.2, -0.15) is 0 Å². The number of piperidine rings is 2. The third-order valence-electron chi connectivity index (χ3n) is 8.81. The summed E-state index contributed by atoms with van der Waals surface area (Å²) >= 11 is 0. The van der Waals surface area contributed by atoms with E-state index in [4.69, 9.17) is 4.98 Å². The van der Waals surface area contributed by atoms with Gasteiger partial charge in [0.2, 0.25) is 5.91 Å². The van der Waals surface area contributed by atoms with E-state index in [2.05, 4.69) is 70.4 Å². The van der Waals surface area contributed by atoms with Crippen molar-refractivity contribution in [2.75, 3.05) is 20.1 Å². The Kier molecular flexibility index (Phi) is 5.68. The number of carbonyl (C=O) groups excluding carboxylic acids is 1. The van der Waals surface area contributed by atoms with Crippen molar-refractivity contribution in [3.05, 3.63) is 66.0 Å². The number of H-pyrrole nitrogens is 1. The highest BCUT2D eigenvalue weighted by Crippen LogP contribution is 2.45. The molecule has 3 aliphatic rings. The van der Waals surface area contributed by atoms with Crippen molar-refractivity contribution in [2.24, 2.45) is 11.3 Å². The summed E-state index contributed by atoms with van der Waals surface area (Å²) < 4.78 is 0. The van der Waals surface area contributed by atoms with E-state index in [1.165, 1.54) is 16.6 Å². The molecule has 3 fully saturated rings. The van der Waals surface area contributed by atoms with E-state index in [0.717, 1.165) is 70.1 Å². The normalized spacial score (nSPS) is 26.7. The second-order valence-corrected chi connectivity index (χ2v) is 11.1. The number of nitrogens with zero attached hydrogens (tertiary/aromatic N) is 3. The summed E-state index contributed by atoms with van der Waals surface area (Å²) in [4.78, 5) is 27.2. The molecule has 2 aromatic heterocycles. The van der Waals surface area contributed by atoms with Crippen molar-refractivity contribution in [1.29, 1.82) is 0 Å². The highest BCUT2D eigenvalue weighted by molar-refractivity contribution is 5.84. The molecule has 1 amide bonds. The number of carbonyl (C=O) groups is 1. The third-order valence-corrected chi connectivity index (χ3v) is 8.81. The number of rotatable bonds is 5. The number of aromatic amines is 1. The molecule has 5 heteroatoms. The van der Waals surface area contributed by atoms with Crippen molar-refractivity contribution >= 4 is 16.9 Å². The number of hydrogen-bond donors (Lipinski definition) is 1. The monoisotopic (exact) mass is 456 g/mol. The SMILES string of the molecule is CN1CCC(Cc2ccccc2)(C(=O)N2C3CCC2CC(Cc2ccc4cc[nH]c4n2)C3)CC1. The van der Waals surface area contributed by atoms with Crippen LogP contribution in [0.25, 0.3) is 11.0 Å². The lowest BCUT2D eigenvalue weighted by Crippen LogP contribution is -2.56. The molecular formula is C29H36N4O. The van der Waals surface area contributed by atoms with E-state index < -0.39 is 0 Å². The van der Waals surface area contributed by atoms with Gasteiger partial charge in [0, 0.05) is 29.4 Å². The minimum Gasteiger partial charge on any atom is -0.346 e. The van der Waals surface area contributed by atoms with Crippen LogP contribution in [-0.2, 0) is 17.6 Å². The van der Waals surface area contributed by atoms with Gasteiger partial charge in [-0.25, -0.2) is 4.98 Å². The summed E-state index contributed by atoms with van der Waals surface area (Å²) in [7, 11) is 2.19. The standard InChI is InChI=1S/C29H36N4O/c1-32-15-12-29(13-16-32,20-21-5-3-2-4-6-21)28(34)33-25-9-10-26(33)19-22(18-25)17-24-8-7-23-11-14-30-27(23)31-24/h2-8,11,14,22,25-26H,9-10,12-13,15-20H2,1H3,(H,30,31). The molecule has 5 heterocycles. The minimum absolute atomic E-state index is 0.248. The maximum absolute atomic E-state index is 14.3. The second-order valence-electron chi connectivity index (χ2n) is 11.1. The van der Waals surface area contributed by atoms with E-state index in [1.807, 2.05) is 6.20 Å². The molecule has 3 saturated heterocycles. The average Bonchev–Trinajstić information content (AvgIpc) is 3.42. The van der Waals surface area contributed by atoms with E-state index in [9.17, 15) is 4.79 Å². The van der Waals surface area contributed by atoms with Crippen molar-refractivity contribution in [3.8, 4) is 0 Å². The Labute approximate surface area is 202 Å². The smallest absolute Gasteiger partial charge is 0.229 e. The van der Waals surface area contributed by atoms with Gasteiger partial charge in [0.15, 0.2) is 0 Å². The topological polar surface area (TPSA) is 52.2 Å². The maximum atomic E-state index is 14.3. The molecule has 0 saturated carbocycles. The first-order chi connectivity index (χ1) is 16.6. The van der Waals surface area contributed by atoms with Gasteiger partial charge in [0.25, 0.3) is 0 Å². The zero-order valence-corrected chi connectivity index (χ0v) is 20.2. The van der Waals surface area contributed by atoms with Gasteiger partial charge >= 0.3 is 0 Å². The van der Waals surface area contributed by atoms with Crippen molar-refractivity contribution in [2.45, 2.75) is 63.5 Å². The lowest BCUT2D eigenvalue weighted by Gasteiger charge is -2.47. The molecule has 0 spiro atoms. The van der Waals surface area contributed by atoms with Crippen LogP contribution in [-0.4, -0.2) is 57.9 Å². The van der Waals surface area contributed by atoms with Crippen LogP contribution < -0.4 is 0 Å². The van der Waals surface area contributed by atoms with E-state index >= 15 is 0 Å². The van der Waals surface area contributed by atoms with E-state index in [-0.39, 0.29) is 5.41 Å². The van der Waals surface area contributed by atoms with Crippen LogP contribution in [0.2, 0.25) is 0 Å². The summed E-state index contributed by atoms with van der Waals surface area (Å²) in [5.41, 5.74) is 3.21. The Morgan fingerprint density at radius 1 is 1.03 bits per heavy atom. The van der Waals surface area contributed by atoms with Crippen LogP contribution >= 0.6 is 0 Å². The van der Waals surface area contributed by atoms with Crippen LogP contribution in [0.1, 0.15) is 49.8 Å². The van der Waals surface area contributed by atoms with E-state index in [0.29, 0.717) is 23.9 Å². The molecule has 3 aromatic rings. The Balaban J connectivity index is 1.19. The molecule has 1 aromatic carbocycles. The minimum atomic E-state index is -0.248. The van der Waals surface area contributed by atoms with Gasteiger partial charge in [-0.3, -0.25) is 4.79 Å². The molecule has 178 valence electrons. The highest BCUT2D eigenvalue weighted by atomic mass is 16.2. The van der Waals surface area contributed by atoms with Crippen LogP contribution in [0.4, 0.5) is 0 Å². The van der Waals surface area contributed by atoms with Crippen LogP contribution in [0.5, 0.6) is 0 Å². The third kappa shape index (κ3) is 4.04. The first-order valence-electron chi connectivity index (χ1n) is 13.1. The number of aromatic nitrogens is 2. The van der Waals surface area contributed by atoms with Gasteiger partial charge in [-0.05, 0) is 101 Å². The Morgan fingerprint density at radius 3 is 2.50 bits per heavy atom. The number of amides is 1. The fourth-order valence-corrected chi connectivity index (χ4v) is 6.94. The van der Waals surface area contributed by atoms with Gasteiger partial charge in [0.1, 0.15) is 5.65 Å². The Morgan fingerprint density at radius 2 is 1.76 bits per heavy atom. The molecule has 1 N–H and O–H groups in total. The van der Waals surface area contributed by atoms with Gasteiger partial charge < -0.3 is 14.8 Å². The molecule has 6 rings (SSSR count). The fraction of sp³-hybridized carbons (Fsp3) is 0.517. The summed E-state index contributed by atoms with van der Waals surface area (Å²) in [6.07, 6.45) is 10.4. The predicted octanol–water partition coefficient (Wildman–Crippen LogP) is 4.83. The lowest BCUT2D eigenvalue weighted by molar-refractivity contribution is -0.150. The molecule has 2 bridgehead atoms. The predicted molar refractivity (Wildman–Crippen MR) is 135 cm³/mol. The summed E-state index contributed by atoms with van der Waals surface area (Å²) in [6.45, 7) is 2.02. The Hall–Kier alpha value is -2.66. The summed E-state index contributed by atoms with van der Waals surface area (Å²) in [5, 5.41) is 1.17. The molecule has 0 aliphatic carbocycles. The van der Waals surface area contributed by atoms with Gasteiger partial charge in [0.05, 0.1) is 5.41 Å².